The van der Waals surface area contributed by atoms with E-state index in [4.69, 9.17) is 0 Å². The standard InChI is InChI=1S/C15H14N.C5H5.2ClH.Ti/c1-11-7-12(2)16(10-11)15-8-13-5-3-4-6-14(13)9-15;1-2-4-5-3-1;;;/h3-10H,1-2H3;1-3H,4H2;2*1H;/q2*-1;;;+4/p-2. The van der Waals surface area contributed by atoms with Crippen LogP contribution in [0.5, 0.6) is 0 Å². The second-order valence-electron chi connectivity index (χ2n) is 5.37. The number of allylic oxidation sites excluding steroid dienone is 4. The van der Waals surface area contributed by atoms with E-state index in [1.54, 1.807) is 0 Å². The molecule has 0 unspecified atom stereocenters. The predicted octanol–water partition coefficient (Wildman–Crippen LogP) is -0.723. The van der Waals surface area contributed by atoms with E-state index in [1.807, 2.05) is 12.2 Å². The van der Waals surface area contributed by atoms with Crippen LogP contribution in [0, 0.1) is 19.9 Å². The van der Waals surface area contributed by atoms with Gasteiger partial charge in [-0.25, -0.2) is 12.2 Å². The average molecular weight is 392 g/mol. The minimum atomic E-state index is 0. The molecule has 0 atom stereocenters. The van der Waals surface area contributed by atoms with Gasteiger partial charge in [0.05, 0.1) is 0 Å². The Labute approximate surface area is 171 Å². The van der Waals surface area contributed by atoms with Crippen LogP contribution in [0.4, 0.5) is 0 Å². The molecule has 0 aliphatic heterocycles. The summed E-state index contributed by atoms with van der Waals surface area (Å²) >= 11 is 0. The molecule has 1 aromatic heterocycles. The van der Waals surface area contributed by atoms with Gasteiger partial charge in [-0.1, -0.05) is 6.07 Å². The first kappa shape index (κ1) is 22.9. The topological polar surface area (TPSA) is 4.93 Å². The van der Waals surface area contributed by atoms with Crippen molar-refractivity contribution in [2.75, 3.05) is 0 Å². The molecule has 0 amide bonds. The Morgan fingerprint density at radius 3 is 2.33 bits per heavy atom. The van der Waals surface area contributed by atoms with Gasteiger partial charge < -0.3 is 29.4 Å². The summed E-state index contributed by atoms with van der Waals surface area (Å²) < 4.78 is 2.25. The SMILES string of the molecule is Cc1cc(C)n(-c2cc3ccccc3[cH-]2)c1.[C-]1=CC=CC1.[Cl-].[Cl-].[Ti+4]. The fraction of sp³-hybridized carbons (Fsp3) is 0.150. The minimum absolute atomic E-state index is 0. The molecule has 2 aromatic carbocycles. The molecule has 0 N–H and O–H groups in total. The molecule has 0 saturated carbocycles. The molecule has 4 heteroatoms. The second-order valence-corrected chi connectivity index (χ2v) is 5.37. The van der Waals surface area contributed by atoms with Gasteiger partial charge in [-0.15, -0.1) is 47.5 Å². The van der Waals surface area contributed by atoms with E-state index in [0.717, 1.165) is 6.42 Å². The Morgan fingerprint density at radius 2 is 1.83 bits per heavy atom. The fourth-order valence-electron chi connectivity index (χ4n) is 2.63. The van der Waals surface area contributed by atoms with Crippen LogP contribution in [0.25, 0.3) is 16.5 Å². The van der Waals surface area contributed by atoms with Crippen molar-refractivity contribution in [3.05, 3.63) is 84.2 Å². The Kier molecular flexibility index (Phi) is 10.2. The van der Waals surface area contributed by atoms with Crippen LogP contribution in [0.1, 0.15) is 17.7 Å². The number of rotatable bonds is 1. The summed E-state index contributed by atoms with van der Waals surface area (Å²) in [5.74, 6) is 0. The molecular formula is C20H19Cl2NTi. The third-order valence-electron chi connectivity index (χ3n) is 3.62. The summed E-state index contributed by atoms with van der Waals surface area (Å²) in [6.45, 7) is 4.27. The largest absolute Gasteiger partial charge is 4.00 e. The van der Waals surface area contributed by atoms with Gasteiger partial charge in [-0.05, 0) is 31.2 Å². The fourth-order valence-corrected chi connectivity index (χ4v) is 2.63. The van der Waals surface area contributed by atoms with E-state index >= 15 is 0 Å². The van der Waals surface area contributed by atoms with E-state index in [2.05, 4.69) is 79.2 Å². The number of benzene rings is 1. The van der Waals surface area contributed by atoms with Crippen molar-refractivity contribution >= 4 is 10.8 Å². The minimum Gasteiger partial charge on any atom is -1.00 e. The number of aromatic nitrogens is 1. The molecule has 0 bridgehead atoms. The zero-order valence-corrected chi connectivity index (χ0v) is 16.8. The van der Waals surface area contributed by atoms with Crippen LogP contribution in [0.3, 0.4) is 0 Å². The molecule has 0 fully saturated rings. The van der Waals surface area contributed by atoms with Crippen molar-refractivity contribution in [3.63, 3.8) is 0 Å². The van der Waals surface area contributed by atoms with Crippen LogP contribution in [-0.4, -0.2) is 4.57 Å². The number of fused-ring (bicyclic) bond motifs is 1. The summed E-state index contributed by atoms with van der Waals surface area (Å²) in [5.41, 5.74) is 3.85. The Balaban J connectivity index is 0.000000578. The van der Waals surface area contributed by atoms with Crippen molar-refractivity contribution in [3.8, 4) is 5.69 Å². The monoisotopic (exact) mass is 391 g/mol. The Hall–Kier alpha value is -1.12. The average Bonchev–Trinajstić information content (AvgIpc) is 3.19. The van der Waals surface area contributed by atoms with Gasteiger partial charge in [0.1, 0.15) is 0 Å². The van der Waals surface area contributed by atoms with Crippen molar-refractivity contribution < 1.29 is 46.5 Å². The van der Waals surface area contributed by atoms with Gasteiger partial charge in [-0.2, -0.15) is 6.08 Å². The predicted molar refractivity (Wildman–Crippen MR) is 89.9 cm³/mol. The Morgan fingerprint density at radius 1 is 1.08 bits per heavy atom. The molecule has 0 saturated heterocycles. The van der Waals surface area contributed by atoms with E-state index in [1.165, 1.54) is 27.7 Å². The van der Waals surface area contributed by atoms with Crippen LogP contribution < -0.4 is 24.8 Å². The maximum Gasteiger partial charge on any atom is 4.00 e. The molecule has 0 radical (unpaired) electrons. The zero-order chi connectivity index (χ0) is 14.7. The van der Waals surface area contributed by atoms with Gasteiger partial charge in [0.25, 0.3) is 0 Å². The second kappa shape index (κ2) is 10.7. The Bertz CT molecular complexity index is 769. The third-order valence-corrected chi connectivity index (χ3v) is 3.62. The summed E-state index contributed by atoms with van der Waals surface area (Å²) in [5, 5.41) is 2.62. The van der Waals surface area contributed by atoms with E-state index in [0.29, 0.717) is 0 Å². The van der Waals surface area contributed by atoms with Gasteiger partial charge in [0.15, 0.2) is 0 Å². The molecular weight excluding hydrogens is 373 g/mol. The van der Waals surface area contributed by atoms with Gasteiger partial charge in [0.2, 0.25) is 0 Å². The molecule has 1 nitrogen and oxygen atoms in total. The van der Waals surface area contributed by atoms with Crippen LogP contribution in [0.15, 0.2) is 66.9 Å². The van der Waals surface area contributed by atoms with Crippen molar-refractivity contribution in [1.82, 2.24) is 4.57 Å². The van der Waals surface area contributed by atoms with E-state index < -0.39 is 0 Å². The number of halogens is 2. The first-order valence-electron chi connectivity index (χ1n) is 7.27. The molecule has 3 aromatic rings. The van der Waals surface area contributed by atoms with E-state index in [9.17, 15) is 0 Å². The summed E-state index contributed by atoms with van der Waals surface area (Å²) in [6, 6.07) is 15.2. The van der Waals surface area contributed by atoms with Gasteiger partial charge >= 0.3 is 21.7 Å². The van der Waals surface area contributed by atoms with Crippen molar-refractivity contribution in [1.29, 1.82) is 0 Å². The maximum absolute atomic E-state index is 2.99. The van der Waals surface area contributed by atoms with Crippen LogP contribution in [-0.2, 0) is 21.7 Å². The molecule has 1 aliphatic carbocycles. The molecule has 1 aliphatic rings. The van der Waals surface area contributed by atoms with E-state index in [-0.39, 0.29) is 46.5 Å². The van der Waals surface area contributed by atoms with Crippen LogP contribution >= 0.6 is 0 Å². The van der Waals surface area contributed by atoms with Crippen LogP contribution in [0.2, 0.25) is 0 Å². The van der Waals surface area contributed by atoms with Crippen molar-refractivity contribution in [2.24, 2.45) is 0 Å². The van der Waals surface area contributed by atoms with Crippen molar-refractivity contribution in [2.45, 2.75) is 20.3 Å². The number of aryl methyl sites for hydroxylation is 2. The number of nitrogens with zero attached hydrogens (tertiary/aromatic N) is 1. The quantitative estimate of drug-likeness (QED) is 0.381. The molecule has 0 spiro atoms. The van der Waals surface area contributed by atoms with Gasteiger partial charge in [-0.3, -0.25) is 6.08 Å². The first-order chi connectivity index (χ1) is 10.2. The smallest absolute Gasteiger partial charge is 1.00 e. The van der Waals surface area contributed by atoms with Gasteiger partial charge in [0, 0.05) is 11.9 Å². The third kappa shape index (κ3) is 5.46. The molecule has 4 rings (SSSR count). The molecule has 24 heavy (non-hydrogen) atoms. The molecule has 122 valence electrons. The summed E-state index contributed by atoms with van der Waals surface area (Å²) in [6.07, 6.45) is 12.2. The number of hydrogen-bond acceptors (Lipinski definition) is 0. The maximum atomic E-state index is 2.99. The summed E-state index contributed by atoms with van der Waals surface area (Å²) in [7, 11) is 0. The summed E-state index contributed by atoms with van der Waals surface area (Å²) in [4.78, 5) is 0. The molecule has 1 heterocycles. The first-order valence-corrected chi connectivity index (χ1v) is 7.27. The normalized spacial score (nSPS) is 11.1. The zero-order valence-electron chi connectivity index (χ0n) is 13.8. The number of hydrogen-bond donors (Lipinski definition) is 0.